The Balaban J connectivity index is 1.32. The Morgan fingerprint density at radius 2 is 1.89 bits per heavy atom. The summed E-state index contributed by atoms with van der Waals surface area (Å²) in [6, 6.07) is 17.5. The average Bonchev–Trinajstić information content (AvgIpc) is 3.47. The maximum absolute atomic E-state index is 12.8. The van der Waals surface area contributed by atoms with Crippen LogP contribution in [-0.2, 0) is 0 Å². The van der Waals surface area contributed by atoms with E-state index in [-0.39, 0.29) is 12.7 Å². The molecule has 0 aliphatic carbocycles. The zero-order chi connectivity index (χ0) is 18.2. The van der Waals surface area contributed by atoms with Gasteiger partial charge in [-0.15, -0.1) is 0 Å². The Kier molecular flexibility index (Phi) is 3.81. The minimum atomic E-state index is -0.0934. The number of likely N-dealkylation sites (tertiary alicyclic amines) is 1. The summed E-state index contributed by atoms with van der Waals surface area (Å²) in [5.41, 5.74) is 2.40. The number of benzene rings is 2. The first-order valence-corrected chi connectivity index (χ1v) is 8.99. The van der Waals surface area contributed by atoms with Crippen molar-refractivity contribution < 1.29 is 18.8 Å². The van der Waals surface area contributed by atoms with E-state index in [9.17, 15) is 4.79 Å². The molecule has 1 unspecified atom stereocenters. The van der Waals surface area contributed by atoms with Gasteiger partial charge in [-0.2, -0.15) is 0 Å². The molecular weight excluding hydrogens is 344 g/mol. The molecule has 1 atom stereocenters. The summed E-state index contributed by atoms with van der Waals surface area (Å²) in [4.78, 5) is 14.7. The quantitative estimate of drug-likeness (QED) is 0.711. The van der Waals surface area contributed by atoms with Crippen molar-refractivity contribution in [3.05, 3.63) is 65.9 Å². The first-order chi connectivity index (χ1) is 13.3. The molecule has 6 heteroatoms. The number of ether oxygens (including phenoxy) is 2. The Bertz CT molecular complexity index is 983. The summed E-state index contributed by atoms with van der Waals surface area (Å²) in [6.45, 7) is 1.65. The Morgan fingerprint density at radius 3 is 2.78 bits per heavy atom. The normalized spacial score (nSPS) is 18.1. The lowest BCUT2D eigenvalue weighted by Gasteiger charge is -2.15. The lowest BCUT2D eigenvalue weighted by Crippen LogP contribution is -2.28. The van der Waals surface area contributed by atoms with Crippen LogP contribution in [0, 0.1) is 0 Å². The molecule has 0 saturated carbocycles. The summed E-state index contributed by atoms with van der Waals surface area (Å²) in [5, 5.41) is 3.99. The van der Waals surface area contributed by atoms with Crippen LogP contribution in [0.2, 0.25) is 0 Å². The van der Waals surface area contributed by atoms with Crippen molar-refractivity contribution in [2.75, 3.05) is 19.9 Å². The average molecular weight is 362 g/mol. The second-order valence-electron chi connectivity index (χ2n) is 6.79. The topological polar surface area (TPSA) is 64.8 Å². The van der Waals surface area contributed by atoms with Crippen molar-refractivity contribution in [2.24, 2.45) is 0 Å². The number of hydrogen-bond acceptors (Lipinski definition) is 5. The molecule has 2 aliphatic heterocycles. The first kappa shape index (κ1) is 15.9. The third kappa shape index (κ3) is 2.93. The van der Waals surface area contributed by atoms with Crippen molar-refractivity contribution in [1.82, 2.24) is 10.1 Å². The Morgan fingerprint density at radius 1 is 1.04 bits per heavy atom. The predicted molar refractivity (Wildman–Crippen MR) is 97.8 cm³/mol. The van der Waals surface area contributed by atoms with Crippen LogP contribution < -0.4 is 9.47 Å². The highest BCUT2D eigenvalue weighted by Gasteiger charge is 2.29. The maximum atomic E-state index is 12.8. The molecule has 1 saturated heterocycles. The minimum Gasteiger partial charge on any atom is -0.454 e. The van der Waals surface area contributed by atoms with E-state index in [1.165, 1.54) is 5.56 Å². The maximum Gasteiger partial charge on any atom is 0.276 e. The number of aromatic nitrogens is 1. The summed E-state index contributed by atoms with van der Waals surface area (Å²) >= 11 is 0. The lowest BCUT2D eigenvalue weighted by molar-refractivity contribution is 0.0780. The third-order valence-electron chi connectivity index (χ3n) is 5.13. The summed E-state index contributed by atoms with van der Waals surface area (Å²) in [6.07, 6.45) is 0.961. The zero-order valence-corrected chi connectivity index (χ0v) is 14.6. The number of rotatable bonds is 3. The smallest absolute Gasteiger partial charge is 0.276 e. The molecule has 0 bridgehead atoms. The van der Waals surface area contributed by atoms with E-state index in [1.807, 2.05) is 41.3 Å². The molecule has 3 aromatic rings. The summed E-state index contributed by atoms with van der Waals surface area (Å²) in [7, 11) is 0. The van der Waals surface area contributed by atoms with Gasteiger partial charge in [0.2, 0.25) is 6.79 Å². The van der Waals surface area contributed by atoms with Crippen molar-refractivity contribution >= 4 is 5.91 Å². The van der Waals surface area contributed by atoms with Crippen LogP contribution >= 0.6 is 0 Å². The van der Waals surface area contributed by atoms with Crippen molar-refractivity contribution in [3.63, 3.8) is 0 Å². The second kappa shape index (κ2) is 6.46. The van der Waals surface area contributed by atoms with E-state index in [0.29, 0.717) is 35.4 Å². The van der Waals surface area contributed by atoms with Gasteiger partial charge in [0.25, 0.3) is 5.91 Å². The van der Waals surface area contributed by atoms with E-state index in [4.69, 9.17) is 14.0 Å². The number of fused-ring (bicyclic) bond motifs is 1. The highest BCUT2D eigenvalue weighted by atomic mass is 16.7. The molecule has 1 fully saturated rings. The van der Waals surface area contributed by atoms with Gasteiger partial charge < -0.3 is 18.9 Å². The minimum absolute atomic E-state index is 0.0934. The van der Waals surface area contributed by atoms with Gasteiger partial charge in [0.15, 0.2) is 23.0 Å². The molecule has 3 heterocycles. The largest absolute Gasteiger partial charge is 0.454 e. The van der Waals surface area contributed by atoms with Crippen LogP contribution in [0.1, 0.15) is 28.4 Å². The molecule has 6 nitrogen and oxygen atoms in total. The van der Waals surface area contributed by atoms with Crippen LogP contribution in [-0.4, -0.2) is 35.8 Å². The van der Waals surface area contributed by atoms with E-state index in [2.05, 4.69) is 17.3 Å². The second-order valence-corrected chi connectivity index (χ2v) is 6.79. The third-order valence-corrected chi connectivity index (χ3v) is 5.13. The fraction of sp³-hybridized carbons (Fsp3) is 0.238. The highest BCUT2D eigenvalue weighted by molar-refractivity contribution is 5.93. The van der Waals surface area contributed by atoms with Crippen LogP contribution in [0.4, 0.5) is 0 Å². The molecule has 0 N–H and O–H groups in total. The molecule has 1 aromatic heterocycles. The SMILES string of the molecule is O=C(c1cc(-c2ccc3c(c2)OCO3)on1)N1CCC(c2ccccc2)C1. The highest BCUT2D eigenvalue weighted by Crippen LogP contribution is 2.36. The van der Waals surface area contributed by atoms with Gasteiger partial charge in [-0.05, 0) is 30.2 Å². The fourth-order valence-electron chi connectivity index (χ4n) is 3.67. The van der Waals surface area contributed by atoms with E-state index in [0.717, 1.165) is 18.5 Å². The summed E-state index contributed by atoms with van der Waals surface area (Å²) < 4.78 is 16.1. The monoisotopic (exact) mass is 362 g/mol. The van der Waals surface area contributed by atoms with Crippen LogP contribution in [0.25, 0.3) is 11.3 Å². The number of amides is 1. The number of hydrogen-bond donors (Lipinski definition) is 0. The fourth-order valence-corrected chi connectivity index (χ4v) is 3.67. The van der Waals surface area contributed by atoms with Gasteiger partial charge >= 0.3 is 0 Å². The molecule has 2 aliphatic rings. The molecule has 136 valence electrons. The van der Waals surface area contributed by atoms with E-state index in [1.54, 1.807) is 6.07 Å². The van der Waals surface area contributed by atoms with E-state index < -0.39 is 0 Å². The van der Waals surface area contributed by atoms with Gasteiger partial charge in [-0.3, -0.25) is 4.79 Å². The molecular formula is C21H18N2O4. The summed E-state index contributed by atoms with van der Waals surface area (Å²) in [5.74, 6) is 2.19. The standard InChI is InChI=1S/C21H18N2O4/c24-21(23-9-8-16(12-23)14-4-2-1-3-5-14)17-11-19(27-22-17)15-6-7-18-20(10-15)26-13-25-18/h1-7,10-11,16H,8-9,12-13H2. The van der Waals surface area contributed by atoms with Crippen LogP contribution in [0.3, 0.4) is 0 Å². The first-order valence-electron chi connectivity index (χ1n) is 8.99. The molecule has 1 amide bonds. The zero-order valence-electron chi connectivity index (χ0n) is 14.6. The molecule has 0 radical (unpaired) electrons. The molecule has 5 rings (SSSR count). The van der Waals surface area contributed by atoms with Crippen LogP contribution in [0.5, 0.6) is 11.5 Å². The Labute approximate surface area is 156 Å². The van der Waals surface area contributed by atoms with Crippen molar-refractivity contribution in [3.8, 4) is 22.8 Å². The van der Waals surface area contributed by atoms with Gasteiger partial charge in [0.05, 0.1) is 0 Å². The van der Waals surface area contributed by atoms with Crippen LogP contribution in [0.15, 0.2) is 59.1 Å². The number of carbonyl (C=O) groups is 1. The van der Waals surface area contributed by atoms with Gasteiger partial charge in [0.1, 0.15) is 0 Å². The Hall–Kier alpha value is -3.28. The van der Waals surface area contributed by atoms with Gasteiger partial charge in [-0.1, -0.05) is 35.5 Å². The number of nitrogens with zero attached hydrogens (tertiary/aromatic N) is 2. The van der Waals surface area contributed by atoms with Crippen molar-refractivity contribution in [1.29, 1.82) is 0 Å². The number of carbonyl (C=O) groups excluding carboxylic acids is 1. The van der Waals surface area contributed by atoms with Gasteiger partial charge in [0, 0.05) is 30.6 Å². The molecule has 0 spiro atoms. The molecule has 2 aromatic carbocycles. The van der Waals surface area contributed by atoms with Crippen molar-refractivity contribution in [2.45, 2.75) is 12.3 Å². The molecule has 27 heavy (non-hydrogen) atoms. The van der Waals surface area contributed by atoms with Gasteiger partial charge in [-0.25, -0.2) is 0 Å². The lowest BCUT2D eigenvalue weighted by atomic mass is 9.99. The van der Waals surface area contributed by atoms with E-state index >= 15 is 0 Å². The predicted octanol–water partition coefficient (Wildman–Crippen LogP) is 3.70.